The van der Waals surface area contributed by atoms with Crippen LogP contribution in [0.15, 0.2) is 36.5 Å². The molecule has 0 N–H and O–H groups in total. The van der Waals surface area contributed by atoms with Gasteiger partial charge in [-0.1, -0.05) is 31.4 Å². The molecule has 1 aromatic carbocycles. The summed E-state index contributed by atoms with van der Waals surface area (Å²) in [4.78, 5) is 0. The molecule has 0 saturated heterocycles. The molecule has 1 aliphatic heterocycles. The van der Waals surface area contributed by atoms with Gasteiger partial charge in [0.25, 0.3) is 0 Å². The van der Waals surface area contributed by atoms with Crippen LogP contribution in [0.3, 0.4) is 0 Å². The zero-order chi connectivity index (χ0) is 17.8. The molecular weight excluding hydrogens is 318 g/mol. The second-order valence-electron chi connectivity index (χ2n) is 8.78. The van der Waals surface area contributed by atoms with Gasteiger partial charge in [-0.25, -0.2) is 4.57 Å². The van der Waals surface area contributed by atoms with E-state index >= 15 is 0 Å². The maximum atomic E-state index is 7.06. The molecule has 3 aliphatic rings. The van der Waals surface area contributed by atoms with Gasteiger partial charge in [-0.15, -0.1) is 0 Å². The Morgan fingerprint density at radius 3 is 2.35 bits per heavy atom. The van der Waals surface area contributed by atoms with Crippen LogP contribution in [0.5, 0.6) is 5.75 Å². The average molecular weight is 349 g/mol. The summed E-state index contributed by atoms with van der Waals surface area (Å²) in [5.41, 5.74) is 5.75. The van der Waals surface area contributed by atoms with E-state index in [1.807, 2.05) is 0 Å². The summed E-state index contributed by atoms with van der Waals surface area (Å²) in [6, 6.07) is 11.2. The van der Waals surface area contributed by atoms with Gasteiger partial charge in [-0.3, -0.25) is 0 Å². The molecule has 5 rings (SSSR count). The Bertz CT molecular complexity index is 841. The predicted octanol–water partition coefficient (Wildman–Crippen LogP) is 5.39. The van der Waals surface area contributed by atoms with Crippen molar-refractivity contribution in [1.82, 2.24) is 0 Å². The van der Waals surface area contributed by atoms with Crippen molar-refractivity contribution in [1.29, 1.82) is 0 Å². The number of benzene rings is 1. The molecule has 2 fully saturated rings. The van der Waals surface area contributed by atoms with E-state index in [0.717, 1.165) is 0 Å². The van der Waals surface area contributed by atoms with E-state index in [4.69, 9.17) is 4.74 Å². The van der Waals surface area contributed by atoms with Gasteiger partial charge in [-0.05, 0) is 57.1 Å². The number of rotatable bonds is 1. The largest absolute Gasteiger partial charge is 0.485 e. The Kier molecular flexibility index (Phi) is 3.67. The van der Waals surface area contributed by atoms with Crippen molar-refractivity contribution < 1.29 is 9.30 Å². The third kappa shape index (κ3) is 2.08. The van der Waals surface area contributed by atoms with Crippen LogP contribution >= 0.6 is 0 Å². The van der Waals surface area contributed by atoms with Crippen molar-refractivity contribution in [2.24, 2.45) is 7.05 Å². The summed E-state index contributed by atoms with van der Waals surface area (Å²) < 4.78 is 9.29. The van der Waals surface area contributed by atoms with Crippen molar-refractivity contribution in [3.8, 4) is 17.0 Å². The third-order valence-corrected chi connectivity index (χ3v) is 7.48. The van der Waals surface area contributed by atoms with Crippen LogP contribution in [0.1, 0.15) is 68.9 Å². The van der Waals surface area contributed by atoms with Gasteiger partial charge in [0.05, 0.1) is 5.56 Å². The van der Waals surface area contributed by atoms with Crippen LogP contribution < -0.4 is 9.30 Å². The number of hydrogen-bond acceptors (Lipinski definition) is 1. The Morgan fingerprint density at radius 1 is 0.885 bits per heavy atom. The Morgan fingerprint density at radius 2 is 1.62 bits per heavy atom. The normalized spacial score (nSPS) is 22.5. The summed E-state index contributed by atoms with van der Waals surface area (Å²) in [5.74, 6) is 1.20. The smallest absolute Gasteiger partial charge is 0.216 e. The number of hydrogen-bond donors (Lipinski definition) is 0. The molecule has 2 saturated carbocycles. The molecule has 26 heavy (non-hydrogen) atoms. The fourth-order valence-corrected chi connectivity index (χ4v) is 6.21. The first-order valence-corrected chi connectivity index (χ1v) is 10.5. The molecule has 0 amide bonds. The number of aryl methyl sites for hydroxylation is 2. The van der Waals surface area contributed by atoms with Gasteiger partial charge >= 0.3 is 0 Å². The molecule has 1 aromatic heterocycles. The molecule has 0 bridgehead atoms. The maximum Gasteiger partial charge on any atom is 0.216 e. The van der Waals surface area contributed by atoms with Gasteiger partial charge in [0, 0.05) is 23.1 Å². The summed E-state index contributed by atoms with van der Waals surface area (Å²) in [5, 5.41) is 0. The van der Waals surface area contributed by atoms with E-state index in [-0.39, 0.29) is 11.0 Å². The Labute approximate surface area is 157 Å². The number of fused-ring (bicyclic) bond motifs is 3. The van der Waals surface area contributed by atoms with Gasteiger partial charge < -0.3 is 4.74 Å². The lowest BCUT2D eigenvalue weighted by Crippen LogP contribution is -2.50. The zero-order valence-corrected chi connectivity index (χ0v) is 16.2. The number of ether oxygens (including phenoxy) is 1. The van der Waals surface area contributed by atoms with Gasteiger partial charge in [0.15, 0.2) is 6.20 Å². The van der Waals surface area contributed by atoms with Crippen LogP contribution in [0.2, 0.25) is 0 Å². The molecule has 2 heterocycles. The lowest BCUT2D eigenvalue weighted by Gasteiger charge is -2.45. The highest BCUT2D eigenvalue weighted by molar-refractivity contribution is 5.74. The molecule has 2 aliphatic carbocycles. The minimum absolute atomic E-state index is 0.0612. The molecule has 0 atom stereocenters. The molecule has 136 valence electrons. The molecule has 2 nitrogen and oxygen atoms in total. The molecule has 0 unspecified atom stereocenters. The Balaban J connectivity index is 1.76. The Hall–Kier alpha value is -1.83. The van der Waals surface area contributed by atoms with E-state index < -0.39 is 0 Å². The van der Waals surface area contributed by atoms with Crippen molar-refractivity contribution >= 4 is 0 Å². The SMILES string of the molecule is Cc1ccc2c(c1-c1cccc[n+]1C)OC1(CCCC1)C21CCCCC1. The highest BCUT2D eigenvalue weighted by Gasteiger charge is 2.61. The van der Waals surface area contributed by atoms with Gasteiger partial charge in [-0.2, -0.15) is 0 Å². The molecule has 2 heteroatoms. The van der Waals surface area contributed by atoms with Crippen molar-refractivity contribution in [3.63, 3.8) is 0 Å². The lowest BCUT2D eigenvalue weighted by atomic mass is 9.60. The predicted molar refractivity (Wildman–Crippen MR) is 104 cm³/mol. The first kappa shape index (κ1) is 16.4. The van der Waals surface area contributed by atoms with Crippen molar-refractivity contribution in [3.05, 3.63) is 47.7 Å². The van der Waals surface area contributed by atoms with E-state index in [1.54, 1.807) is 0 Å². The highest BCUT2D eigenvalue weighted by Crippen LogP contribution is 2.63. The topological polar surface area (TPSA) is 13.1 Å². The summed E-state index contributed by atoms with van der Waals surface area (Å²) >= 11 is 0. The molecule has 2 spiro atoms. The van der Waals surface area contributed by atoms with Gasteiger partial charge in [0.1, 0.15) is 18.4 Å². The summed E-state index contributed by atoms with van der Waals surface area (Å²) in [6.45, 7) is 2.24. The second kappa shape index (κ2) is 5.84. The quantitative estimate of drug-likeness (QED) is 0.629. The number of nitrogens with zero attached hydrogens (tertiary/aromatic N) is 1. The fraction of sp³-hybridized carbons (Fsp3) is 0.542. The van der Waals surface area contributed by atoms with Crippen LogP contribution in [-0.2, 0) is 12.5 Å². The summed E-state index contributed by atoms with van der Waals surface area (Å²) in [6.07, 6.45) is 14.0. The van der Waals surface area contributed by atoms with E-state index in [1.165, 1.54) is 85.9 Å². The van der Waals surface area contributed by atoms with Crippen molar-refractivity contribution in [2.75, 3.05) is 0 Å². The first-order chi connectivity index (χ1) is 12.7. The number of aromatic nitrogens is 1. The summed E-state index contributed by atoms with van der Waals surface area (Å²) in [7, 11) is 2.14. The van der Waals surface area contributed by atoms with Crippen LogP contribution in [0.4, 0.5) is 0 Å². The monoisotopic (exact) mass is 348 g/mol. The standard InChI is InChI=1S/C24H30NO/c1-18-11-12-19-22(21(18)20-10-4-9-17-25(20)2)26-24(15-7-8-16-24)23(19)13-5-3-6-14-23/h4,9-12,17H,3,5-8,13-16H2,1-2H3/q+1. The third-order valence-electron chi connectivity index (χ3n) is 7.48. The minimum Gasteiger partial charge on any atom is -0.485 e. The lowest BCUT2D eigenvalue weighted by molar-refractivity contribution is -0.660. The highest BCUT2D eigenvalue weighted by atomic mass is 16.5. The number of pyridine rings is 1. The average Bonchev–Trinajstić information content (AvgIpc) is 3.22. The van der Waals surface area contributed by atoms with Gasteiger partial charge in [0.2, 0.25) is 5.69 Å². The first-order valence-electron chi connectivity index (χ1n) is 10.5. The van der Waals surface area contributed by atoms with Crippen molar-refractivity contribution in [2.45, 2.75) is 75.7 Å². The zero-order valence-electron chi connectivity index (χ0n) is 16.2. The molecule has 0 radical (unpaired) electrons. The van der Waals surface area contributed by atoms with Crippen LogP contribution in [-0.4, -0.2) is 5.60 Å². The van der Waals surface area contributed by atoms with Crippen LogP contribution in [0.25, 0.3) is 11.3 Å². The fourth-order valence-electron chi connectivity index (χ4n) is 6.21. The molecule has 2 aromatic rings. The van der Waals surface area contributed by atoms with E-state index in [0.29, 0.717) is 0 Å². The maximum absolute atomic E-state index is 7.06. The minimum atomic E-state index is 0.0612. The second-order valence-corrected chi connectivity index (χ2v) is 8.78. The molecular formula is C24H30NO+. The van der Waals surface area contributed by atoms with E-state index in [9.17, 15) is 0 Å². The van der Waals surface area contributed by atoms with Crippen LogP contribution in [0, 0.1) is 6.92 Å². The van der Waals surface area contributed by atoms with E-state index in [2.05, 4.69) is 55.1 Å².